The van der Waals surface area contributed by atoms with Gasteiger partial charge in [-0.1, -0.05) is 6.42 Å². The van der Waals surface area contributed by atoms with E-state index in [9.17, 15) is 0 Å². The Balaban J connectivity index is 1.92. The van der Waals surface area contributed by atoms with Gasteiger partial charge in [-0.3, -0.25) is 0 Å². The van der Waals surface area contributed by atoms with E-state index in [0.29, 0.717) is 0 Å². The van der Waals surface area contributed by atoms with Crippen molar-refractivity contribution in [1.82, 2.24) is 0 Å². The molecule has 15 heavy (non-hydrogen) atoms. The van der Waals surface area contributed by atoms with Crippen molar-refractivity contribution < 1.29 is 4.74 Å². The van der Waals surface area contributed by atoms with Gasteiger partial charge >= 0.3 is 0 Å². The molecular weight excluding hydrogens is 186 g/mol. The molecule has 0 aromatic heterocycles. The van der Waals surface area contributed by atoms with Crippen molar-refractivity contribution in [3.05, 3.63) is 23.8 Å². The number of benzene rings is 1. The molecule has 1 aliphatic heterocycles. The third kappa shape index (κ3) is 1.39. The summed E-state index contributed by atoms with van der Waals surface area (Å²) in [7, 11) is 1.74. The Hall–Kier alpha value is -1.18. The molecule has 2 aliphatic rings. The maximum atomic E-state index is 5.29. The van der Waals surface area contributed by atoms with Crippen LogP contribution >= 0.6 is 0 Å². The fraction of sp³-hybridized carbons (Fsp3) is 0.538. The lowest BCUT2D eigenvalue weighted by atomic mass is 9.74. The minimum absolute atomic E-state index is 0.726. The molecule has 1 aromatic carbocycles. The van der Waals surface area contributed by atoms with E-state index in [2.05, 4.69) is 17.4 Å². The zero-order chi connectivity index (χ0) is 10.3. The summed E-state index contributed by atoms with van der Waals surface area (Å²) < 4.78 is 5.29. The number of methoxy groups -OCH3 is 1. The normalized spacial score (nSPS) is 24.2. The standard InChI is InChI=1S/C13H17NO/c1-15-10-5-6-13-11(7-10)12(8-14-13)9-3-2-4-9/h5-7,9,12,14H,2-4,8H2,1H3. The molecule has 1 fully saturated rings. The van der Waals surface area contributed by atoms with Crippen molar-refractivity contribution in [3.8, 4) is 5.75 Å². The van der Waals surface area contributed by atoms with Gasteiger partial charge in [-0.2, -0.15) is 0 Å². The first-order valence-corrected chi connectivity index (χ1v) is 5.80. The van der Waals surface area contributed by atoms with Gasteiger partial charge in [-0.25, -0.2) is 0 Å². The summed E-state index contributed by atoms with van der Waals surface area (Å²) in [6, 6.07) is 6.39. The molecule has 0 radical (unpaired) electrons. The number of hydrogen-bond donors (Lipinski definition) is 1. The van der Waals surface area contributed by atoms with Gasteiger partial charge < -0.3 is 10.1 Å². The van der Waals surface area contributed by atoms with Crippen molar-refractivity contribution >= 4 is 5.69 Å². The molecule has 1 atom stereocenters. The molecule has 2 heteroatoms. The molecule has 2 nitrogen and oxygen atoms in total. The minimum Gasteiger partial charge on any atom is -0.497 e. The van der Waals surface area contributed by atoms with E-state index in [-0.39, 0.29) is 0 Å². The van der Waals surface area contributed by atoms with Gasteiger partial charge in [-0.05, 0) is 42.5 Å². The predicted octanol–water partition coefficient (Wildman–Crippen LogP) is 3.00. The molecule has 3 rings (SSSR count). The van der Waals surface area contributed by atoms with E-state index in [1.807, 2.05) is 6.07 Å². The largest absolute Gasteiger partial charge is 0.497 e. The highest BCUT2D eigenvalue weighted by molar-refractivity contribution is 5.60. The van der Waals surface area contributed by atoms with Gasteiger partial charge in [0, 0.05) is 18.2 Å². The summed E-state index contributed by atoms with van der Waals surface area (Å²) in [4.78, 5) is 0. The fourth-order valence-corrected chi connectivity index (χ4v) is 2.73. The van der Waals surface area contributed by atoms with Gasteiger partial charge in [0.05, 0.1) is 7.11 Å². The van der Waals surface area contributed by atoms with Gasteiger partial charge in [0.25, 0.3) is 0 Å². The topological polar surface area (TPSA) is 21.3 Å². The van der Waals surface area contributed by atoms with Crippen LogP contribution in [0.25, 0.3) is 0 Å². The highest BCUT2D eigenvalue weighted by Crippen LogP contribution is 2.45. The quantitative estimate of drug-likeness (QED) is 0.797. The fourth-order valence-electron chi connectivity index (χ4n) is 2.73. The lowest BCUT2D eigenvalue weighted by molar-refractivity contribution is 0.272. The number of hydrogen-bond acceptors (Lipinski definition) is 2. The number of rotatable bonds is 2. The first-order chi connectivity index (χ1) is 7.38. The molecule has 1 heterocycles. The van der Waals surface area contributed by atoms with Crippen LogP contribution < -0.4 is 10.1 Å². The van der Waals surface area contributed by atoms with Crippen LogP contribution in [0, 0.1) is 5.92 Å². The second-order valence-electron chi connectivity index (χ2n) is 4.63. The number of nitrogens with one attached hydrogen (secondary N) is 1. The third-order valence-corrected chi connectivity index (χ3v) is 3.89. The Labute approximate surface area is 90.6 Å². The van der Waals surface area contributed by atoms with Gasteiger partial charge in [0.15, 0.2) is 0 Å². The Morgan fingerprint density at radius 3 is 2.87 bits per heavy atom. The zero-order valence-electron chi connectivity index (χ0n) is 9.12. The van der Waals surface area contributed by atoms with E-state index in [0.717, 1.165) is 24.1 Å². The SMILES string of the molecule is COc1ccc2c(c1)C(C1CCC1)CN2. The number of ether oxygens (including phenoxy) is 1. The average Bonchev–Trinajstić information content (AvgIpc) is 2.59. The Bertz CT molecular complexity index is 371. The van der Waals surface area contributed by atoms with Gasteiger partial charge in [-0.15, -0.1) is 0 Å². The van der Waals surface area contributed by atoms with Crippen LogP contribution in [-0.4, -0.2) is 13.7 Å². The van der Waals surface area contributed by atoms with Gasteiger partial charge in [0.1, 0.15) is 5.75 Å². The van der Waals surface area contributed by atoms with Crippen LogP contribution in [0.1, 0.15) is 30.7 Å². The van der Waals surface area contributed by atoms with Crippen LogP contribution in [0.2, 0.25) is 0 Å². The number of anilines is 1. The lowest BCUT2D eigenvalue weighted by Crippen LogP contribution is -2.21. The highest BCUT2D eigenvalue weighted by Gasteiger charge is 2.33. The lowest BCUT2D eigenvalue weighted by Gasteiger charge is -2.31. The smallest absolute Gasteiger partial charge is 0.119 e. The van der Waals surface area contributed by atoms with E-state index in [1.165, 1.54) is 30.5 Å². The molecule has 1 unspecified atom stereocenters. The molecule has 1 aliphatic carbocycles. The van der Waals surface area contributed by atoms with Crippen LogP contribution in [0.3, 0.4) is 0 Å². The summed E-state index contributed by atoms with van der Waals surface area (Å²) in [5.74, 6) is 2.62. The summed E-state index contributed by atoms with van der Waals surface area (Å²) in [5.41, 5.74) is 2.78. The second kappa shape index (κ2) is 3.44. The molecule has 80 valence electrons. The maximum Gasteiger partial charge on any atom is 0.119 e. The van der Waals surface area contributed by atoms with E-state index >= 15 is 0 Å². The van der Waals surface area contributed by atoms with Gasteiger partial charge in [0.2, 0.25) is 0 Å². The second-order valence-corrected chi connectivity index (χ2v) is 4.63. The van der Waals surface area contributed by atoms with Crippen molar-refractivity contribution in [1.29, 1.82) is 0 Å². The predicted molar refractivity (Wildman–Crippen MR) is 61.6 cm³/mol. The van der Waals surface area contributed by atoms with Crippen molar-refractivity contribution in [2.24, 2.45) is 5.92 Å². The van der Waals surface area contributed by atoms with Crippen molar-refractivity contribution in [2.45, 2.75) is 25.2 Å². The number of fused-ring (bicyclic) bond motifs is 1. The molecule has 1 aromatic rings. The van der Waals surface area contributed by atoms with E-state index in [4.69, 9.17) is 4.74 Å². The molecule has 1 saturated carbocycles. The highest BCUT2D eigenvalue weighted by atomic mass is 16.5. The van der Waals surface area contributed by atoms with Crippen molar-refractivity contribution in [2.75, 3.05) is 19.0 Å². The first-order valence-electron chi connectivity index (χ1n) is 5.80. The monoisotopic (exact) mass is 203 g/mol. The Kier molecular flexibility index (Phi) is 2.08. The molecular formula is C13H17NO. The zero-order valence-corrected chi connectivity index (χ0v) is 9.12. The Morgan fingerprint density at radius 1 is 1.33 bits per heavy atom. The average molecular weight is 203 g/mol. The summed E-state index contributed by atoms with van der Waals surface area (Å²) >= 11 is 0. The maximum absolute atomic E-state index is 5.29. The van der Waals surface area contributed by atoms with Crippen LogP contribution in [0.5, 0.6) is 5.75 Å². The summed E-state index contributed by atoms with van der Waals surface area (Å²) in [6.45, 7) is 1.12. The van der Waals surface area contributed by atoms with Crippen LogP contribution in [-0.2, 0) is 0 Å². The van der Waals surface area contributed by atoms with E-state index < -0.39 is 0 Å². The van der Waals surface area contributed by atoms with Crippen LogP contribution in [0.15, 0.2) is 18.2 Å². The summed E-state index contributed by atoms with van der Waals surface area (Å²) in [6.07, 6.45) is 4.23. The third-order valence-electron chi connectivity index (χ3n) is 3.89. The Morgan fingerprint density at radius 2 is 2.20 bits per heavy atom. The minimum atomic E-state index is 0.726. The molecule has 1 N–H and O–H groups in total. The molecule has 0 amide bonds. The first kappa shape index (κ1) is 9.08. The van der Waals surface area contributed by atoms with Crippen molar-refractivity contribution in [3.63, 3.8) is 0 Å². The molecule has 0 spiro atoms. The molecule has 0 bridgehead atoms. The summed E-state index contributed by atoms with van der Waals surface area (Å²) in [5, 5.41) is 3.50. The molecule has 0 saturated heterocycles. The van der Waals surface area contributed by atoms with E-state index in [1.54, 1.807) is 7.11 Å². The van der Waals surface area contributed by atoms with Crippen LogP contribution in [0.4, 0.5) is 5.69 Å².